The topological polar surface area (TPSA) is 0 Å². The molecule has 0 aliphatic heterocycles. The molecule has 158 valence electrons. The summed E-state index contributed by atoms with van der Waals surface area (Å²) in [4.78, 5) is 0. The molecule has 0 heterocycles. The van der Waals surface area contributed by atoms with E-state index < -0.39 is 11.6 Å². The number of rotatable bonds is 6. The van der Waals surface area contributed by atoms with Gasteiger partial charge in [-0.2, -0.15) is 0 Å². The lowest BCUT2D eigenvalue weighted by Crippen LogP contribution is -2.14. The quantitative estimate of drug-likeness (QED) is 0.356. The zero-order chi connectivity index (χ0) is 21.1. The fraction of sp³-hybridized carbons (Fsp3) is 0.407. The Hall–Kier alpha value is -2.29. The number of hydrogen-bond acceptors (Lipinski definition) is 0. The third kappa shape index (κ3) is 4.55. The molecular formula is C27H29F3. The summed E-state index contributed by atoms with van der Waals surface area (Å²) in [5, 5.41) is 1.48. The normalized spacial score (nSPS) is 19.3. The summed E-state index contributed by atoms with van der Waals surface area (Å²) in [5.74, 6) is -0.348. The van der Waals surface area contributed by atoms with Gasteiger partial charge in [0.1, 0.15) is 17.5 Å². The molecule has 4 rings (SSSR count). The predicted molar refractivity (Wildman–Crippen MR) is 118 cm³/mol. The van der Waals surface area contributed by atoms with E-state index in [0.29, 0.717) is 10.9 Å². The minimum Gasteiger partial charge on any atom is -0.207 e. The SMILES string of the molecule is CCCCC[C@H]1CC[C@H](c2cc(F)c(-c3ccc4cc(F)ccc4c3)c(F)c2)CC1. The van der Waals surface area contributed by atoms with Crippen LogP contribution in [0, 0.1) is 23.4 Å². The van der Waals surface area contributed by atoms with Gasteiger partial charge in [0.2, 0.25) is 0 Å². The largest absolute Gasteiger partial charge is 0.207 e. The van der Waals surface area contributed by atoms with Crippen LogP contribution >= 0.6 is 0 Å². The molecule has 1 fully saturated rings. The number of benzene rings is 3. The van der Waals surface area contributed by atoms with E-state index in [2.05, 4.69) is 6.92 Å². The van der Waals surface area contributed by atoms with Gasteiger partial charge >= 0.3 is 0 Å². The van der Waals surface area contributed by atoms with Crippen LogP contribution in [0.25, 0.3) is 21.9 Å². The van der Waals surface area contributed by atoms with Gasteiger partial charge in [0.25, 0.3) is 0 Å². The first kappa shape index (κ1) is 21.0. The van der Waals surface area contributed by atoms with Crippen LogP contribution in [0.1, 0.15) is 69.8 Å². The molecule has 0 atom stereocenters. The van der Waals surface area contributed by atoms with Crippen molar-refractivity contribution in [3.63, 3.8) is 0 Å². The van der Waals surface area contributed by atoms with Crippen LogP contribution in [0.4, 0.5) is 13.2 Å². The first-order valence-corrected chi connectivity index (χ1v) is 11.2. The van der Waals surface area contributed by atoms with E-state index in [0.717, 1.165) is 42.6 Å². The molecule has 1 aliphatic rings. The van der Waals surface area contributed by atoms with Crippen molar-refractivity contribution in [2.45, 2.75) is 64.2 Å². The Balaban J connectivity index is 1.52. The standard InChI is InChI=1S/C27H29F3/c1-2-3-4-5-18-6-8-19(9-7-18)23-16-25(29)27(26(30)17-23)22-11-10-21-15-24(28)13-12-20(21)14-22/h10-19H,2-9H2,1H3/t18-,19-. The Kier molecular flexibility index (Phi) is 6.46. The van der Waals surface area contributed by atoms with Crippen molar-refractivity contribution >= 4 is 10.8 Å². The molecule has 0 amide bonds. The summed E-state index contributed by atoms with van der Waals surface area (Å²) in [6.07, 6.45) is 9.44. The predicted octanol–water partition coefficient (Wildman–Crippen LogP) is 8.78. The van der Waals surface area contributed by atoms with Crippen molar-refractivity contribution < 1.29 is 13.2 Å². The average molecular weight is 411 g/mol. The monoisotopic (exact) mass is 410 g/mol. The van der Waals surface area contributed by atoms with Crippen molar-refractivity contribution in [2.24, 2.45) is 5.92 Å². The summed E-state index contributed by atoms with van der Waals surface area (Å²) in [6.45, 7) is 2.22. The lowest BCUT2D eigenvalue weighted by molar-refractivity contribution is 0.302. The molecule has 0 unspecified atom stereocenters. The molecule has 0 N–H and O–H groups in total. The second kappa shape index (κ2) is 9.24. The van der Waals surface area contributed by atoms with Crippen molar-refractivity contribution in [1.29, 1.82) is 0 Å². The Morgan fingerprint density at radius 3 is 2.13 bits per heavy atom. The maximum Gasteiger partial charge on any atom is 0.134 e. The number of halogens is 3. The zero-order valence-corrected chi connectivity index (χ0v) is 17.6. The molecule has 1 aliphatic carbocycles. The number of hydrogen-bond donors (Lipinski definition) is 0. The molecule has 0 spiro atoms. The van der Waals surface area contributed by atoms with Gasteiger partial charge in [-0.3, -0.25) is 0 Å². The summed E-state index contributed by atoms with van der Waals surface area (Å²) in [6, 6.07) is 12.6. The second-order valence-corrected chi connectivity index (χ2v) is 8.78. The van der Waals surface area contributed by atoms with E-state index in [1.54, 1.807) is 24.3 Å². The first-order valence-electron chi connectivity index (χ1n) is 11.2. The summed E-state index contributed by atoms with van der Waals surface area (Å²) in [5.41, 5.74) is 1.26. The van der Waals surface area contributed by atoms with Crippen LogP contribution in [-0.2, 0) is 0 Å². The Morgan fingerprint density at radius 1 is 0.767 bits per heavy atom. The molecule has 0 radical (unpaired) electrons. The van der Waals surface area contributed by atoms with Crippen molar-refractivity contribution in [3.8, 4) is 11.1 Å². The van der Waals surface area contributed by atoms with E-state index >= 15 is 0 Å². The maximum atomic E-state index is 15.0. The highest BCUT2D eigenvalue weighted by Crippen LogP contribution is 2.40. The molecular weight excluding hydrogens is 381 g/mol. The van der Waals surface area contributed by atoms with Gasteiger partial charge in [0, 0.05) is 0 Å². The minimum absolute atomic E-state index is 0.00164. The molecule has 1 saturated carbocycles. The van der Waals surface area contributed by atoms with Gasteiger partial charge in [-0.05, 0) is 89.8 Å². The van der Waals surface area contributed by atoms with Gasteiger partial charge in [0.15, 0.2) is 0 Å². The molecule has 3 heteroatoms. The zero-order valence-electron chi connectivity index (χ0n) is 17.6. The van der Waals surface area contributed by atoms with E-state index in [1.165, 1.54) is 49.9 Å². The Labute approximate surface area is 177 Å². The second-order valence-electron chi connectivity index (χ2n) is 8.78. The third-order valence-electron chi connectivity index (χ3n) is 6.69. The van der Waals surface area contributed by atoms with Gasteiger partial charge in [-0.1, -0.05) is 50.8 Å². The summed E-state index contributed by atoms with van der Waals surface area (Å²) in [7, 11) is 0. The Bertz CT molecular complexity index is 993. The number of fused-ring (bicyclic) bond motifs is 1. The van der Waals surface area contributed by atoms with Gasteiger partial charge < -0.3 is 0 Å². The molecule has 0 nitrogen and oxygen atoms in total. The van der Waals surface area contributed by atoms with Crippen LogP contribution in [0.5, 0.6) is 0 Å². The molecule has 3 aromatic carbocycles. The summed E-state index contributed by atoms with van der Waals surface area (Å²) < 4.78 is 43.4. The highest BCUT2D eigenvalue weighted by Gasteiger charge is 2.24. The van der Waals surface area contributed by atoms with Crippen LogP contribution in [-0.4, -0.2) is 0 Å². The van der Waals surface area contributed by atoms with Crippen LogP contribution < -0.4 is 0 Å². The van der Waals surface area contributed by atoms with Crippen LogP contribution in [0.15, 0.2) is 48.5 Å². The molecule has 3 aromatic rings. The highest BCUT2D eigenvalue weighted by molar-refractivity contribution is 5.87. The van der Waals surface area contributed by atoms with Crippen molar-refractivity contribution in [3.05, 3.63) is 71.5 Å². The maximum absolute atomic E-state index is 15.0. The third-order valence-corrected chi connectivity index (χ3v) is 6.69. The van der Waals surface area contributed by atoms with Gasteiger partial charge in [-0.25, -0.2) is 13.2 Å². The van der Waals surface area contributed by atoms with Crippen molar-refractivity contribution in [1.82, 2.24) is 0 Å². The van der Waals surface area contributed by atoms with E-state index in [4.69, 9.17) is 0 Å². The lowest BCUT2D eigenvalue weighted by atomic mass is 9.76. The average Bonchev–Trinajstić information content (AvgIpc) is 2.74. The lowest BCUT2D eigenvalue weighted by Gasteiger charge is -2.29. The summed E-state index contributed by atoms with van der Waals surface area (Å²) >= 11 is 0. The van der Waals surface area contributed by atoms with Gasteiger partial charge in [0.05, 0.1) is 5.56 Å². The van der Waals surface area contributed by atoms with E-state index in [9.17, 15) is 13.2 Å². The molecule has 0 aromatic heterocycles. The highest BCUT2D eigenvalue weighted by atomic mass is 19.1. The van der Waals surface area contributed by atoms with Crippen LogP contribution in [0.2, 0.25) is 0 Å². The molecule has 0 bridgehead atoms. The van der Waals surface area contributed by atoms with Crippen molar-refractivity contribution in [2.75, 3.05) is 0 Å². The fourth-order valence-electron chi connectivity index (χ4n) is 4.94. The van der Waals surface area contributed by atoms with Crippen LogP contribution in [0.3, 0.4) is 0 Å². The smallest absolute Gasteiger partial charge is 0.134 e. The fourth-order valence-corrected chi connectivity index (χ4v) is 4.94. The van der Waals surface area contributed by atoms with Gasteiger partial charge in [-0.15, -0.1) is 0 Å². The van der Waals surface area contributed by atoms with E-state index in [1.807, 2.05) is 0 Å². The first-order chi connectivity index (χ1) is 14.5. The Morgan fingerprint density at radius 2 is 1.43 bits per heavy atom. The number of unbranched alkanes of at least 4 members (excludes halogenated alkanes) is 2. The minimum atomic E-state index is -0.517. The molecule has 0 saturated heterocycles. The molecule has 30 heavy (non-hydrogen) atoms. The van der Waals surface area contributed by atoms with E-state index in [-0.39, 0.29) is 17.3 Å².